The number of carboxylic acids is 1. The fourth-order valence-electron chi connectivity index (χ4n) is 1.70. The van der Waals surface area contributed by atoms with E-state index in [2.05, 4.69) is 10.3 Å². The van der Waals surface area contributed by atoms with E-state index >= 15 is 0 Å². The smallest absolute Gasteiger partial charge is 0.308 e. The highest BCUT2D eigenvalue weighted by Crippen LogP contribution is 2.10. The number of rotatable bonds is 6. The minimum absolute atomic E-state index is 0.0984. The quantitative estimate of drug-likeness (QED) is 0.803. The molecule has 2 N–H and O–H groups in total. The topological polar surface area (TPSA) is 92.4 Å². The maximum atomic E-state index is 11.8. The highest BCUT2D eigenvalue weighted by atomic mass is 16.4. The Hall–Kier alpha value is -1.85. The van der Waals surface area contributed by atoms with E-state index in [1.54, 1.807) is 13.8 Å². The summed E-state index contributed by atoms with van der Waals surface area (Å²) in [5, 5.41) is 11.5. The predicted molar refractivity (Wildman–Crippen MR) is 64.3 cm³/mol. The Morgan fingerprint density at radius 2 is 2.11 bits per heavy atom. The number of aromatic nitrogens is 1. The number of carboxylic acid groups (broad SMARTS) is 1. The second-order valence-corrected chi connectivity index (χ2v) is 4.18. The number of aryl methyl sites for hydroxylation is 2. The van der Waals surface area contributed by atoms with Gasteiger partial charge in [0.1, 0.15) is 0 Å². The van der Waals surface area contributed by atoms with Crippen LogP contribution in [0.4, 0.5) is 0 Å². The number of aliphatic carboxylic acids is 1. The van der Waals surface area contributed by atoms with Gasteiger partial charge < -0.3 is 14.8 Å². The second-order valence-electron chi connectivity index (χ2n) is 4.18. The summed E-state index contributed by atoms with van der Waals surface area (Å²) >= 11 is 0. The largest absolute Gasteiger partial charge is 0.481 e. The van der Waals surface area contributed by atoms with Gasteiger partial charge in [-0.05, 0) is 13.3 Å². The number of amides is 1. The monoisotopic (exact) mass is 254 g/mol. The molecule has 6 nitrogen and oxygen atoms in total. The molecule has 1 rings (SSSR count). The van der Waals surface area contributed by atoms with E-state index in [1.165, 1.54) is 0 Å². The maximum Gasteiger partial charge on any atom is 0.308 e. The van der Waals surface area contributed by atoms with Gasteiger partial charge in [0.05, 0.1) is 11.6 Å². The first kappa shape index (κ1) is 14.2. The van der Waals surface area contributed by atoms with Crippen molar-refractivity contribution in [1.82, 2.24) is 10.3 Å². The SMILES string of the molecule is CCCC(CNC(=O)c1oc(C)nc1C)C(=O)O. The van der Waals surface area contributed by atoms with Crippen LogP contribution in [0.5, 0.6) is 0 Å². The van der Waals surface area contributed by atoms with E-state index in [4.69, 9.17) is 9.52 Å². The Morgan fingerprint density at radius 3 is 2.56 bits per heavy atom. The van der Waals surface area contributed by atoms with Crippen molar-refractivity contribution in [2.75, 3.05) is 6.54 Å². The van der Waals surface area contributed by atoms with Crippen molar-refractivity contribution in [1.29, 1.82) is 0 Å². The van der Waals surface area contributed by atoms with Crippen LogP contribution in [0.3, 0.4) is 0 Å². The lowest BCUT2D eigenvalue weighted by Crippen LogP contribution is -2.33. The van der Waals surface area contributed by atoms with Crippen molar-refractivity contribution in [3.8, 4) is 0 Å². The molecule has 0 radical (unpaired) electrons. The van der Waals surface area contributed by atoms with Crippen LogP contribution in [0.15, 0.2) is 4.42 Å². The third kappa shape index (κ3) is 3.58. The van der Waals surface area contributed by atoms with E-state index in [-0.39, 0.29) is 12.3 Å². The molecule has 0 bridgehead atoms. The van der Waals surface area contributed by atoms with Gasteiger partial charge in [0.25, 0.3) is 5.91 Å². The standard InChI is InChI=1S/C12H18N2O4/c1-4-5-9(12(16)17)6-13-11(15)10-7(2)14-8(3)18-10/h9H,4-6H2,1-3H3,(H,13,15)(H,16,17). The summed E-state index contributed by atoms with van der Waals surface area (Å²) in [6.07, 6.45) is 1.29. The number of hydrogen-bond donors (Lipinski definition) is 2. The summed E-state index contributed by atoms with van der Waals surface area (Å²) < 4.78 is 5.16. The highest BCUT2D eigenvalue weighted by molar-refractivity contribution is 5.92. The van der Waals surface area contributed by atoms with Crippen molar-refractivity contribution in [3.05, 3.63) is 17.3 Å². The minimum Gasteiger partial charge on any atom is -0.481 e. The Morgan fingerprint density at radius 1 is 1.44 bits per heavy atom. The molecule has 18 heavy (non-hydrogen) atoms. The molecule has 0 saturated heterocycles. The number of oxazole rings is 1. The van der Waals surface area contributed by atoms with E-state index in [0.29, 0.717) is 18.0 Å². The fraction of sp³-hybridized carbons (Fsp3) is 0.583. The molecule has 1 heterocycles. The van der Waals surface area contributed by atoms with Crippen molar-refractivity contribution in [2.24, 2.45) is 5.92 Å². The number of hydrogen-bond acceptors (Lipinski definition) is 4. The minimum atomic E-state index is -0.900. The summed E-state index contributed by atoms with van der Waals surface area (Å²) in [6, 6.07) is 0. The fourth-order valence-corrected chi connectivity index (χ4v) is 1.70. The van der Waals surface area contributed by atoms with Crippen molar-refractivity contribution >= 4 is 11.9 Å². The third-order valence-electron chi connectivity index (χ3n) is 2.61. The molecule has 0 aliphatic heterocycles. The molecular weight excluding hydrogens is 236 g/mol. The zero-order chi connectivity index (χ0) is 13.7. The van der Waals surface area contributed by atoms with Crippen LogP contribution in [0.25, 0.3) is 0 Å². The number of carbonyl (C=O) groups excluding carboxylic acids is 1. The van der Waals surface area contributed by atoms with Gasteiger partial charge in [-0.15, -0.1) is 0 Å². The van der Waals surface area contributed by atoms with Gasteiger partial charge in [-0.2, -0.15) is 0 Å². The molecule has 1 unspecified atom stereocenters. The molecule has 0 fully saturated rings. The van der Waals surface area contributed by atoms with Crippen molar-refractivity contribution in [2.45, 2.75) is 33.6 Å². The van der Waals surface area contributed by atoms with Crippen LogP contribution in [0.2, 0.25) is 0 Å². The van der Waals surface area contributed by atoms with Gasteiger partial charge in [0, 0.05) is 13.5 Å². The van der Waals surface area contributed by atoms with Crippen molar-refractivity contribution in [3.63, 3.8) is 0 Å². The molecule has 100 valence electrons. The molecule has 0 aliphatic carbocycles. The lowest BCUT2D eigenvalue weighted by molar-refractivity contribution is -0.141. The number of nitrogens with one attached hydrogen (secondary N) is 1. The summed E-state index contributed by atoms with van der Waals surface area (Å²) in [4.78, 5) is 26.7. The molecule has 0 spiro atoms. The van der Waals surface area contributed by atoms with Crippen LogP contribution < -0.4 is 5.32 Å². The first-order valence-electron chi connectivity index (χ1n) is 5.90. The lowest BCUT2D eigenvalue weighted by atomic mass is 10.0. The Balaban J connectivity index is 2.60. The Bertz CT molecular complexity index is 439. The van der Waals surface area contributed by atoms with Crippen molar-refractivity contribution < 1.29 is 19.1 Å². The summed E-state index contributed by atoms with van der Waals surface area (Å²) in [6.45, 7) is 5.33. The highest BCUT2D eigenvalue weighted by Gasteiger charge is 2.20. The molecule has 0 aromatic carbocycles. The van der Waals surface area contributed by atoms with Crippen LogP contribution in [0.1, 0.15) is 41.9 Å². The summed E-state index contributed by atoms with van der Waals surface area (Å²) in [5.41, 5.74) is 0.507. The van der Waals surface area contributed by atoms with Gasteiger partial charge >= 0.3 is 5.97 Å². The zero-order valence-corrected chi connectivity index (χ0v) is 10.8. The molecule has 0 aliphatic rings. The Labute approximate surface area is 105 Å². The first-order valence-corrected chi connectivity index (χ1v) is 5.90. The molecule has 6 heteroatoms. The van der Waals surface area contributed by atoms with Gasteiger partial charge in [0.15, 0.2) is 5.89 Å². The average Bonchev–Trinajstić information content (AvgIpc) is 2.63. The first-order chi connectivity index (χ1) is 8.45. The molecule has 1 aromatic rings. The lowest BCUT2D eigenvalue weighted by Gasteiger charge is -2.11. The average molecular weight is 254 g/mol. The molecule has 1 atom stereocenters. The van der Waals surface area contributed by atoms with E-state index in [9.17, 15) is 9.59 Å². The van der Waals surface area contributed by atoms with Gasteiger partial charge in [-0.25, -0.2) is 4.98 Å². The summed E-state index contributed by atoms with van der Waals surface area (Å²) in [7, 11) is 0. The third-order valence-corrected chi connectivity index (χ3v) is 2.61. The van der Waals surface area contributed by atoms with E-state index < -0.39 is 17.8 Å². The second kappa shape index (κ2) is 6.18. The van der Waals surface area contributed by atoms with E-state index in [0.717, 1.165) is 6.42 Å². The van der Waals surface area contributed by atoms with Gasteiger partial charge in [-0.1, -0.05) is 13.3 Å². The van der Waals surface area contributed by atoms with Crippen LogP contribution in [-0.4, -0.2) is 28.5 Å². The van der Waals surface area contributed by atoms with E-state index in [1.807, 2.05) is 6.92 Å². The number of nitrogens with zero attached hydrogens (tertiary/aromatic N) is 1. The molecular formula is C12H18N2O4. The van der Waals surface area contributed by atoms with Crippen LogP contribution in [0, 0.1) is 19.8 Å². The molecule has 0 saturated carbocycles. The normalized spacial score (nSPS) is 12.2. The van der Waals surface area contributed by atoms with Gasteiger partial charge in [-0.3, -0.25) is 9.59 Å². The molecule has 1 amide bonds. The maximum absolute atomic E-state index is 11.8. The molecule has 1 aromatic heterocycles. The zero-order valence-electron chi connectivity index (χ0n) is 10.8. The number of carbonyl (C=O) groups is 2. The predicted octanol–water partition coefficient (Wildman–Crippen LogP) is 1.52. The van der Waals surface area contributed by atoms with Crippen LogP contribution in [-0.2, 0) is 4.79 Å². The van der Waals surface area contributed by atoms with Gasteiger partial charge in [0.2, 0.25) is 5.76 Å². The van der Waals surface area contributed by atoms with Crippen LogP contribution >= 0.6 is 0 Å². The Kier molecular flexibility index (Phi) is 4.88. The summed E-state index contributed by atoms with van der Waals surface area (Å²) in [5.74, 6) is -1.32.